The number of hydrogen-bond acceptors (Lipinski definition) is 4. The van der Waals surface area contributed by atoms with Gasteiger partial charge in [-0.2, -0.15) is 0 Å². The Morgan fingerprint density at radius 1 is 1.04 bits per heavy atom. The smallest absolute Gasteiger partial charge is 0.323 e. The first-order valence-corrected chi connectivity index (χ1v) is 7.46. The van der Waals surface area contributed by atoms with Crippen molar-refractivity contribution in [3.63, 3.8) is 0 Å². The molecule has 2 aliphatic rings. The molecule has 1 fully saturated rings. The zero-order chi connectivity index (χ0) is 16.1. The summed E-state index contributed by atoms with van der Waals surface area (Å²) in [7, 11) is 0. The van der Waals surface area contributed by atoms with E-state index in [-0.39, 0.29) is 0 Å². The molecule has 4 rings (SSSR count). The van der Waals surface area contributed by atoms with Crippen LogP contribution < -0.4 is 4.90 Å². The minimum absolute atomic E-state index is 0.390. The van der Waals surface area contributed by atoms with E-state index in [1.54, 1.807) is 18.2 Å². The maximum Gasteiger partial charge on any atom is 0.323 e. The van der Waals surface area contributed by atoms with Crippen molar-refractivity contribution >= 4 is 34.2 Å². The molecule has 0 aliphatic carbocycles. The second kappa shape index (κ2) is 4.81. The van der Waals surface area contributed by atoms with Crippen LogP contribution in [0.3, 0.4) is 0 Å². The maximum absolute atomic E-state index is 12.5. The van der Waals surface area contributed by atoms with Gasteiger partial charge in [0.05, 0.1) is 0 Å². The van der Waals surface area contributed by atoms with Gasteiger partial charge in [0.15, 0.2) is 0 Å². The van der Waals surface area contributed by atoms with Gasteiger partial charge in [0, 0.05) is 40.7 Å². The maximum atomic E-state index is 12.5. The van der Waals surface area contributed by atoms with Crippen molar-refractivity contribution in [3.05, 3.63) is 41.5 Å². The molecule has 0 unspecified atom stereocenters. The summed E-state index contributed by atoms with van der Waals surface area (Å²) in [4.78, 5) is 39.0. The third-order valence-electron chi connectivity index (χ3n) is 4.46. The second-order valence-corrected chi connectivity index (χ2v) is 5.79. The van der Waals surface area contributed by atoms with Crippen LogP contribution in [-0.2, 0) is 4.79 Å². The number of carbonyl (C=O) groups excluding carboxylic acids is 2. The lowest BCUT2D eigenvalue weighted by Gasteiger charge is -2.35. The molecule has 0 radical (unpaired) electrons. The van der Waals surface area contributed by atoms with Crippen molar-refractivity contribution in [2.24, 2.45) is 0 Å². The van der Waals surface area contributed by atoms with Crippen LogP contribution in [0.5, 0.6) is 0 Å². The Morgan fingerprint density at radius 2 is 1.74 bits per heavy atom. The molecule has 2 aliphatic heterocycles. The van der Waals surface area contributed by atoms with Crippen LogP contribution in [0.25, 0.3) is 10.8 Å². The SMILES string of the molecule is O=C(O)CN1C(=O)c2cccc3c(N4CCC4)ccc(c23)C1=O. The zero-order valence-corrected chi connectivity index (χ0v) is 12.3. The predicted octanol–water partition coefficient (Wildman–Crippen LogP) is 1.73. The Hall–Kier alpha value is -2.89. The van der Waals surface area contributed by atoms with Crippen molar-refractivity contribution in [1.29, 1.82) is 0 Å². The molecule has 0 atom stereocenters. The van der Waals surface area contributed by atoms with E-state index in [4.69, 9.17) is 5.11 Å². The van der Waals surface area contributed by atoms with Crippen LogP contribution in [0.4, 0.5) is 5.69 Å². The lowest BCUT2D eigenvalue weighted by atomic mass is 9.92. The number of carboxylic acid groups (broad SMARTS) is 1. The minimum Gasteiger partial charge on any atom is -0.480 e. The molecule has 2 aromatic rings. The fraction of sp³-hybridized carbons (Fsp3) is 0.235. The van der Waals surface area contributed by atoms with Gasteiger partial charge in [-0.1, -0.05) is 12.1 Å². The van der Waals surface area contributed by atoms with E-state index in [1.807, 2.05) is 12.1 Å². The van der Waals surface area contributed by atoms with Gasteiger partial charge >= 0.3 is 5.97 Å². The summed E-state index contributed by atoms with van der Waals surface area (Å²) in [6.45, 7) is 1.30. The standard InChI is InChI=1S/C17H14N2O4/c20-14(21)9-19-16(22)11-4-1-3-10-13(18-7-2-8-18)6-5-12(15(10)11)17(19)23/h1,3-6H,2,7-9H2,(H,20,21). The number of anilines is 1. The highest BCUT2D eigenvalue weighted by Crippen LogP contribution is 2.37. The number of benzene rings is 2. The molecule has 0 saturated carbocycles. The number of amides is 2. The van der Waals surface area contributed by atoms with Gasteiger partial charge in [-0.25, -0.2) is 0 Å². The fourth-order valence-electron chi connectivity index (χ4n) is 3.24. The quantitative estimate of drug-likeness (QED) is 0.874. The Labute approximate surface area is 131 Å². The first-order valence-electron chi connectivity index (χ1n) is 7.46. The van der Waals surface area contributed by atoms with Gasteiger partial charge in [-0.3, -0.25) is 19.3 Å². The highest BCUT2D eigenvalue weighted by atomic mass is 16.4. The Bertz CT molecular complexity index is 848. The van der Waals surface area contributed by atoms with Crippen molar-refractivity contribution in [2.75, 3.05) is 24.5 Å². The molecule has 0 spiro atoms. The number of carboxylic acids is 1. The molecule has 1 saturated heterocycles. The number of hydrogen-bond donors (Lipinski definition) is 1. The molecular weight excluding hydrogens is 296 g/mol. The molecular formula is C17H14N2O4. The van der Waals surface area contributed by atoms with Gasteiger partial charge in [0.25, 0.3) is 11.8 Å². The molecule has 1 N–H and O–H groups in total. The number of carbonyl (C=O) groups is 3. The molecule has 6 heteroatoms. The van der Waals surface area contributed by atoms with Gasteiger partial charge in [-0.15, -0.1) is 0 Å². The summed E-state index contributed by atoms with van der Waals surface area (Å²) in [6.07, 6.45) is 1.13. The first kappa shape index (κ1) is 13.8. The van der Waals surface area contributed by atoms with Gasteiger partial charge in [0.1, 0.15) is 6.54 Å². The third-order valence-corrected chi connectivity index (χ3v) is 4.46. The summed E-state index contributed by atoms with van der Waals surface area (Å²) in [5.41, 5.74) is 1.80. The average Bonchev–Trinajstić information content (AvgIpc) is 2.48. The molecule has 2 aromatic carbocycles. The van der Waals surface area contributed by atoms with E-state index in [9.17, 15) is 14.4 Å². The highest BCUT2D eigenvalue weighted by Gasteiger charge is 2.35. The van der Waals surface area contributed by atoms with E-state index >= 15 is 0 Å². The topological polar surface area (TPSA) is 77.9 Å². The summed E-state index contributed by atoms with van der Waals surface area (Å²) >= 11 is 0. The molecule has 0 bridgehead atoms. The van der Waals surface area contributed by atoms with E-state index < -0.39 is 24.3 Å². The number of rotatable bonds is 3. The van der Waals surface area contributed by atoms with Crippen LogP contribution in [0, 0.1) is 0 Å². The number of imide groups is 1. The monoisotopic (exact) mass is 310 g/mol. The number of nitrogens with zero attached hydrogens (tertiary/aromatic N) is 2. The Morgan fingerprint density at radius 3 is 2.35 bits per heavy atom. The Balaban J connectivity index is 1.94. The lowest BCUT2D eigenvalue weighted by molar-refractivity contribution is -0.137. The van der Waals surface area contributed by atoms with Crippen LogP contribution in [0.2, 0.25) is 0 Å². The van der Waals surface area contributed by atoms with Gasteiger partial charge < -0.3 is 10.0 Å². The van der Waals surface area contributed by atoms with Crippen LogP contribution in [0.1, 0.15) is 27.1 Å². The number of aliphatic carboxylic acids is 1. The van der Waals surface area contributed by atoms with Crippen molar-refractivity contribution in [1.82, 2.24) is 4.90 Å². The average molecular weight is 310 g/mol. The van der Waals surface area contributed by atoms with E-state index in [0.717, 1.165) is 35.5 Å². The second-order valence-electron chi connectivity index (χ2n) is 5.79. The van der Waals surface area contributed by atoms with Gasteiger partial charge in [0.2, 0.25) is 0 Å². The van der Waals surface area contributed by atoms with Crippen molar-refractivity contribution < 1.29 is 19.5 Å². The van der Waals surface area contributed by atoms with Gasteiger partial charge in [-0.05, 0) is 24.6 Å². The van der Waals surface area contributed by atoms with E-state index in [1.165, 1.54) is 0 Å². The normalized spacial score (nSPS) is 16.7. The summed E-state index contributed by atoms with van der Waals surface area (Å²) in [5.74, 6) is -2.30. The first-order chi connectivity index (χ1) is 11.1. The van der Waals surface area contributed by atoms with Crippen LogP contribution in [-0.4, -0.2) is 47.4 Å². The lowest BCUT2D eigenvalue weighted by Crippen LogP contribution is -2.43. The van der Waals surface area contributed by atoms with Crippen LogP contribution in [0.15, 0.2) is 30.3 Å². The predicted molar refractivity (Wildman–Crippen MR) is 83.8 cm³/mol. The fourth-order valence-corrected chi connectivity index (χ4v) is 3.24. The van der Waals surface area contributed by atoms with Crippen LogP contribution >= 0.6 is 0 Å². The van der Waals surface area contributed by atoms with E-state index in [0.29, 0.717) is 16.5 Å². The summed E-state index contributed by atoms with van der Waals surface area (Å²) in [6, 6.07) is 8.91. The summed E-state index contributed by atoms with van der Waals surface area (Å²) < 4.78 is 0. The third kappa shape index (κ3) is 1.91. The van der Waals surface area contributed by atoms with E-state index in [2.05, 4.69) is 4.90 Å². The molecule has 0 aromatic heterocycles. The largest absolute Gasteiger partial charge is 0.480 e. The molecule has 2 amide bonds. The summed E-state index contributed by atoms with van der Waals surface area (Å²) in [5, 5.41) is 10.5. The minimum atomic E-state index is -1.21. The highest BCUT2D eigenvalue weighted by molar-refractivity contribution is 6.27. The zero-order valence-electron chi connectivity index (χ0n) is 12.3. The molecule has 2 heterocycles. The van der Waals surface area contributed by atoms with Crippen molar-refractivity contribution in [2.45, 2.75) is 6.42 Å². The molecule has 23 heavy (non-hydrogen) atoms. The Kier molecular flexibility index (Phi) is 2.87. The molecule has 6 nitrogen and oxygen atoms in total. The van der Waals surface area contributed by atoms with Crippen molar-refractivity contribution in [3.8, 4) is 0 Å². The molecule has 116 valence electrons.